The summed E-state index contributed by atoms with van der Waals surface area (Å²) in [5, 5.41) is 18.8. The van der Waals surface area contributed by atoms with Gasteiger partial charge in [-0.3, -0.25) is 14.4 Å². The number of nitrogens with one attached hydrogen (secondary N) is 2. The van der Waals surface area contributed by atoms with E-state index >= 15 is 0 Å². The first-order valence-corrected chi connectivity index (χ1v) is 11.4. The van der Waals surface area contributed by atoms with Crippen LogP contribution in [0.4, 0.5) is 0 Å². The SMILES string of the molecule is CC(=O)NCCNC(=O)c1ccc(C(C/C(=N\O)c2ccc(=O)n(C)c2)c2ccccc2C)cc1. The fraction of sp³-hybridized carbons (Fsp3) is 0.259. The van der Waals surface area contributed by atoms with E-state index in [1.54, 1.807) is 31.4 Å². The number of pyridine rings is 1. The third-order valence-corrected chi connectivity index (χ3v) is 5.86. The van der Waals surface area contributed by atoms with Crippen molar-refractivity contribution in [1.29, 1.82) is 0 Å². The van der Waals surface area contributed by atoms with Gasteiger partial charge < -0.3 is 20.4 Å². The lowest BCUT2D eigenvalue weighted by Crippen LogP contribution is -2.33. The van der Waals surface area contributed by atoms with E-state index in [0.717, 1.165) is 16.7 Å². The van der Waals surface area contributed by atoms with Gasteiger partial charge in [-0.05, 0) is 41.8 Å². The van der Waals surface area contributed by atoms with Crippen molar-refractivity contribution < 1.29 is 14.8 Å². The van der Waals surface area contributed by atoms with Gasteiger partial charge in [0.2, 0.25) is 11.5 Å². The molecule has 8 heteroatoms. The van der Waals surface area contributed by atoms with Gasteiger partial charge in [0.25, 0.3) is 5.91 Å². The zero-order chi connectivity index (χ0) is 25.4. The molecule has 0 bridgehead atoms. The molecule has 0 fully saturated rings. The minimum absolute atomic E-state index is 0.142. The van der Waals surface area contributed by atoms with E-state index in [2.05, 4.69) is 15.8 Å². The Balaban J connectivity index is 1.87. The van der Waals surface area contributed by atoms with Crippen LogP contribution in [0.25, 0.3) is 0 Å². The van der Waals surface area contributed by atoms with Gasteiger partial charge in [-0.1, -0.05) is 41.6 Å². The highest BCUT2D eigenvalue weighted by Gasteiger charge is 2.21. The van der Waals surface area contributed by atoms with Crippen molar-refractivity contribution in [1.82, 2.24) is 15.2 Å². The number of aromatic nitrogens is 1. The molecule has 2 aromatic carbocycles. The number of benzene rings is 2. The molecule has 1 unspecified atom stereocenters. The Morgan fingerprint density at radius 2 is 1.63 bits per heavy atom. The van der Waals surface area contributed by atoms with Crippen molar-refractivity contribution in [2.75, 3.05) is 13.1 Å². The second-order valence-electron chi connectivity index (χ2n) is 8.39. The number of hydrogen-bond acceptors (Lipinski definition) is 5. The highest BCUT2D eigenvalue weighted by Crippen LogP contribution is 2.32. The first kappa shape index (κ1) is 25.4. The van der Waals surface area contributed by atoms with E-state index in [-0.39, 0.29) is 23.3 Å². The lowest BCUT2D eigenvalue weighted by molar-refractivity contribution is -0.118. The van der Waals surface area contributed by atoms with Gasteiger partial charge in [-0.15, -0.1) is 0 Å². The number of amides is 2. The smallest absolute Gasteiger partial charge is 0.251 e. The van der Waals surface area contributed by atoms with Crippen LogP contribution in [0.15, 0.2) is 76.8 Å². The largest absolute Gasteiger partial charge is 0.411 e. The first-order chi connectivity index (χ1) is 16.8. The number of rotatable bonds is 9. The minimum Gasteiger partial charge on any atom is -0.411 e. The van der Waals surface area contributed by atoms with Gasteiger partial charge >= 0.3 is 0 Å². The number of oxime groups is 1. The van der Waals surface area contributed by atoms with Gasteiger partial charge in [0, 0.05) is 62.8 Å². The topological polar surface area (TPSA) is 113 Å². The quantitative estimate of drug-likeness (QED) is 0.192. The third-order valence-electron chi connectivity index (χ3n) is 5.86. The van der Waals surface area contributed by atoms with Crippen LogP contribution in [0.2, 0.25) is 0 Å². The van der Waals surface area contributed by atoms with Crippen molar-refractivity contribution in [2.45, 2.75) is 26.2 Å². The molecule has 182 valence electrons. The molecule has 8 nitrogen and oxygen atoms in total. The molecule has 0 radical (unpaired) electrons. The predicted octanol–water partition coefficient (Wildman–Crippen LogP) is 2.96. The standard InChI is InChI=1S/C27H30N4O4/c1-18-6-4-5-7-23(18)24(16-25(30-35)22-12-13-26(33)31(3)17-22)20-8-10-21(11-9-20)27(34)29-15-14-28-19(2)32/h4-13,17,24,35H,14-16H2,1-3H3,(H,28,32)(H,29,34)/b30-25+. The molecular formula is C27H30N4O4. The predicted molar refractivity (Wildman–Crippen MR) is 135 cm³/mol. The lowest BCUT2D eigenvalue weighted by atomic mass is 9.83. The molecule has 0 saturated carbocycles. The van der Waals surface area contributed by atoms with Crippen LogP contribution in [-0.4, -0.2) is 40.4 Å². The lowest BCUT2D eigenvalue weighted by Gasteiger charge is -2.21. The van der Waals surface area contributed by atoms with Crippen LogP contribution in [0.5, 0.6) is 0 Å². The van der Waals surface area contributed by atoms with Gasteiger partial charge in [0.15, 0.2) is 0 Å². The van der Waals surface area contributed by atoms with Gasteiger partial charge in [-0.2, -0.15) is 0 Å². The maximum absolute atomic E-state index is 12.5. The van der Waals surface area contributed by atoms with E-state index < -0.39 is 0 Å². The number of carbonyl (C=O) groups excluding carboxylic acids is 2. The second kappa shape index (κ2) is 11.8. The molecule has 0 saturated heterocycles. The summed E-state index contributed by atoms with van der Waals surface area (Å²) in [7, 11) is 1.65. The minimum atomic E-state index is -0.225. The third kappa shape index (κ3) is 6.66. The summed E-state index contributed by atoms with van der Waals surface area (Å²) in [5.74, 6) is -0.511. The molecule has 35 heavy (non-hydrogen) atoms. The average Bonchev–Trinajstić information content (AvgIpc) is 2.85. The van der Waals surface area contributed by atoms with E-state index in [1.807, 2.05) is 43.3 Å². The zero-order valence-electron chi connectivity index (χ0n) is 20.1. The summed E-state index contributed by atoms with van der Waals surface area (Å²) in [6.07, 6.45) is 2.04. The fourth-order valence-electron chi connectivity index (χ4n) is 3.94. The molecule has 3 aromatic rings. The van der Waals surface area contributed by atoms with Crippen molar-refractivity contribution in [2.24, 2.45) is 12.2 Å². The molecule has 0 aliphatic carbocycles. The zero-order valence-corrected chi connectivity index (χ0v) is 20.1. The number of nitrogens with zero attached hydrogens (tertiary/aromatic N) is 2. The van der Waals surface area contributed by atoms with E-state index in [1.165, 1.54) is 17.6 Å². The average molecular weight is 475 g/mol. The van der Waals surface area contributed by atoms with Crippen molar-refractivity contribution in [3.05, 3.63) is 105 Å². The first-order valence-electron chi connectivity index (χ1n) is 11.4. The van der Waals surface area contributed by atoms with Crippen LogP contribution >= 0.6 is 0 Å². The molecule has 0 aliphatic heterocycles. The summed E-state index contributed by atoms with van der Waals surface area (Å²) >= 11 is 0. The van der Waals surface area contributed by atoms with Crippen LogP contribution in [0.3, 0.4) is 0 Å². The Morgan fingerprint density at radius 1 is 0.971 bits per heavy atom. The van der Waals surface area contributed by atoms with Gasteiger partial charge in [0.1, 0.15) is 0 Å². The van der Waals surface area contributed by atoms with E-state index in [0.29, 0.717) is 36.3 Å². The van der Waals surface area contributed by atoms with Crippen molar-refractivity contribution in [3.8, 4) is 0 Å². The van der Waals surface area contributed by atoms with Crippen LogP contribution in [-0.2, 0) is 11.8 Å². The molecule has 3 rings (SSSR count). The Labute approximate surface area is 204 Å². The van der Waals surface area contributed by atoms with Crippen LogP contribution < -0.4 is 16.2 Å². The van der Waals surface area contributed by atoms with E-state index in [9.17, 15) is 19.6 Å². The fourth-order valence-corrected chi connectivity index (χ4v) is 3.94. The number of carbonyl (C=O) groups is 2. The molecule has 0 spiro atoms. The summed E-state index contributed by atoms with van der Waals surface area (Å²) < 4.78 is 1.45. The Hall–Kier alpha value is -4.20. The molecule has 1 heterocycles. The molecule has 2 amide bonds. The number of hydrogen-bond donors (Lipinski definition) is 3. The van der Waals surface area contributed by atoms with Crippen LogP contribution in [0.1, 0.15) is 51.9 Å². The van der Waals surface area contributed by atoms with Gasteiger partial charge in [-0.25, -0.2) is 0 Å². The maximum atomic E-state index is 12.5. The number of aryl methyl sites for hydroxylation is 2. The molecule has 3 N–H and O–H groups in total. The monoisotopic (exact) mass is 474 g/mol. The summed E-state index contributed by atoms with van der Waals surface area (Å²) in [4.78, 5) is 35.2. The molecule has 0 aliphatic rings. The van der Waals surface area contributed by atoms with E-state index in [4.69, 9.17) is 0 Å². The second-order valence-corrected chi connectivity index (χ2v) is 8.39. The maximum Gasteiger partial charge on any atom is 0.251 e. The summed E-state index contributed by atoms with van der Waals surface area (Å²) in [6.45, 7) is 4.16. The molecule has 1 atom stereocenters. The Bertz CT molecular complexity index is 1280. The van der Waals surface area contributed by atoms with Crippen molar-refractivity contribution >= 4 is 17.5 Å². The highest BCUT2D eigenvalue weighted by molar-refractivity contribution is 6.00. The normalized spacial score (nSPS) is 12.1. The van der Waals surface area contributed by atoms with Gasteiger partial charge in [0.05, 0.1) is 5.71 Å². The highest BCUT2D eigenvalue weighted by atomic mass is 16.4. The summed E-state index contributed by atoms with van der Waals surface area (Å²) in [6, 6.07) is 18.4. The molecule has 1 aromatic heterocycles. The molecular weight excluding hydrogens is 444 g/mol. The Morgan fingerprint density at radius 3 is 2.26 bits per heavy atom. The Kier molecular flexibility index (Phi) is 8.56. The van der Waals surface area contributed by atoms with Crippen molar-refractivity contribution in [3.63, 3.8) is 0 Å². The summed E-state index contributed by atoms with van der Waals surface area (Å²) in [5.41, 5.74) is 4.60. The van der Waals surface area contributed by atoms with Crippen LogP contribution in [0, 0.1) is 6.92 Å².